The second-order valence-electron chi connectivity index (χ2n) is 5.68. The summed E-state index contributed by atoms with van der Waals surface area (Å²) in [6.07, 6.45) is 1.63. The normalized spacial score (nSPS) is 17.9. The van der Waals surface area contributed by atoms with Crippen LogP contribution in [-0.2, 0) is 16.1 Å². The predicted molar refractivity (Wildman–Crippen MR) is 84.3 cm³/mol. The van der Waals surface area contributed by atoms with Crippen molar-refractivity contribution >= 4 is 12.0 Å². The molecule has 2 amide bonds. The number of nitrogens with zero attached hydrogens (tertiary/aromatic N) is 1. The van der Waals surface area contributed by atoms with E-state index in [-0.39, 0.29) is 17.9 Å². The zero-order chi connectivity index (χ0) is 15.9. The summed E-state index contributed by atoms with van der Waals surface area (Å²) < 4.78 is 5.05. The molecule has 1 N–H and O–H groups in total. The van der Waals surface area contributed by atoms with Crippen molar-refractivity contribution in [3.63, 3.8) is 0 Å². The lowest BCUT2D eigenvalue weighted by molar-refractivity contribution is -0.149. The van der Waals surface area contributed by atoms with E-state index < -0.39 is 0 Å². The minimum Gasteiger partial charge on any atom is -0.466 e. The van der Waals surface area contributed by atoms with Gasteiger partial charge in [0, 0.05) is 19.6 Å². The zero-order valence-corrected chi connectivity index (χ0v) is 13.3. The lowest BCUT2D eigenvalue weighted by Crippen LogP contribution is -2.47. The van der Waals surface area contributed by atoms with Crippen molar-refractivity contribution in [1.82, 2.24) is 10.2 Å². The lowest BCUT2D eigenvalue weighted by Gasteiger charge is -2.31. The Hall–Kier alpha value is -2.04. The molecule has 0 radical (unpaired) electrons. The average molecular weight is 304 g/mol. The summed E-state index contributed by atoms with van der Waals surface area (Å²) in [4.78, 5) is 25.8. The highest BCUT2D eigenvalue weighted by molar-refractivity contribution is 5.77. The van der Waals surface area contributed by atoms with Crippen molar-refractivity contribution in [3.05, 3.63) is 35.4 Å². The van der Waals surface area contributed by atoms with Crippen molar-refractivity contribution in [2.45, 2.75) is 33.2 Å². The van der Waals surface area contributed by atoms with E-state index in [2.05, 4.69) is 11.4 Å². The van der Waals surface area contributed by atoms with Gasteiger partial charge in [-0.15, -0.1) is 0 Å². The number of hydrogen-bond donors (Lipinski definition) is 1. The molecule has 0 aromatic heterocycles. The van der Waals surface area contributed by atoms with Crippen LogP contribution in [0.1, 0.15) is 30.9 Å². The Kier molecular flexibility index (Phi) is 5.81. The van der Waals surface area contributed by atoms with Gasteiger partial charge in [0.15, 0.2) is 0 Å². The molecule has 0 bridgehead atoms. The highest BCUT2D eigenvalue weighted by atomic mass is 16.5. The van der Waals surface area contributed by atoms with Crippen molar-refractivity contribution < 1.29 is 14.3 Å². The maximum Gasteiger partial charge on any atom is 0.317 e. The molecule has 0 aliphatic carbocycles. The fourth-order valence-electron chi connectivity index (χ4n) is 2.73. The molecule has 22 heavy (non-hydrogen) atoms. The molecule has 1 heterocycles. The quantitative estimate of drug-likeness (QED) is 0.869. The van der Waals surface area contributed by atoms with Crippen molar-refractivity contribution in [1.29, 1.82) is 0 Å². The van der Waals surface area contributed by atoms with Crippen LogP contribution in [0.2, 0.25) is 0 Å². The van der Waals surface area contributed by atoms with Gasteiger partial charge in [-0.05, 0) is 32.3 Å². The number of benzene rings is 1. The molecule has 1 aromatic rings. The van der Waals surface area contributed by atoms with Crippen LogP contribution < -0.4 is 5.32 Å². The SMILES string of the molecule is CCOC(=O)C1CCCN(C(=O)NCc2cccc(C)c2)C1. The summed E-state index contributed by atoms with van der Waals surface area (Å²) in [5.74, 6) is -0.392. The lowest BCUT2D eigenvalue weighted by atomic mass is 9.98. The van der Waals surface area contributed by atoms with Crippen molar-refractivity contribution in [2.24, 2.45) is 5.92 Å². The zero-order valence-electron chi connectivity index (χ0n) is 13.3. The fourth-order valence-corrected chi connectivity index (χ4v) is 2.73. The Balaban J connectivity index is 1.85. The Morgan fingerprint density at radius 2 is 2.23 bits per heavy atom. The molecule has 1 fully saturated rings. The number of esters is 1. The van der Waals surface area contributed by atoms with E-state index in [0.717, 1.165) is 18.4 Å². The third-order valence-corrected chi connectivity index (χ3v) is 3.85. The van der Waals surface area contributed by atoms with Gasteiger partial charge >= 0.3 is 12.0 Å². The largest absolute Gasteiger partial charge is 0.466 e. The van der Waals surface area contributed by atoms with Crippen LogP contribution in [0, 0.1) is 12.8 Å². The molecule has 1 saturated heterocycles. The number of ether oxygens (including phenoxy) is 1. The number of carbonyl (C=O) groups is 2. The first-order chi connectivity index (χ1) is 10.6. The third-order valence-electron chi connectivity index (χ3n) is 3.85. The molecule has 0 saturated carbocycles. The first-order valence-corrected chi connectivity index (χ1v) is 7.85. The minimum atomic E-state index is -0.196. The van der Waals surface area contributed by atoms with Crippen LogP contribution in [-0.4, -0.2) is 36.6 Å². The standard InChI is InChI=1S/C17H24N2O3/c1-3-22-16(20)15-8-5-9-19(12-15)17(21)18-11-14-7-4-6-13(2)10-14/h4,6-7,10,15H,3,5,8-9,11-12H2,1-2H3,(H,18,21). The first kappa shape index (κ1) is 16.3. The van der Waals surface area contributed by atoms with E-state index in [1.54, 1.807) is 11.8 Å². The molecule has 5 nitrogen and oxygen atoms in total. The van der Waals surface area contributed by atoms with Gasteiger partial charge < -0.3 is 15.0 Å². The average Bonchev–Trinajstić information content (AvgIpc) is 2.53. The second-order valence-corrected chi connectivity index (χ2v) is 5.68. The molecule has 1 aliphatic rings. The third kappa shape index (κ3) is 4.48. The monoisotopic (exact) mass is 304 g/mol. The first-order valence-electron chi connectivity index (χ1n) is 7.85. The van der Waals surface area contributed by atoms with Gasteiger partial charge in [0.1, 0.15) is 0 Å². The van der Waals surface area contributed by atoms with Crippen LogP contribution in [0.4, 0.5) is 4.79 Å². The number of urea groups is 1. The van der Waals surface area contributed by atoms with Crippen molar-refractivity contribution in [2.75, 3.05) is 19.7 Å². The van der Waals surface area contributed by atoms with E-state index in [4.69, 9.17) is 4.74 Å². The highest BCUT2D eigenvalue weighted by Crippen LogP contribution is 2.18. The fraction of sp³-hybridized carbons (Fsp3) is 0.529. The van der Waals surface area contributed by atoms with E-state index in [0.29, 0.717) is 26.2 Å². The van der Waals surface area contributed by atoms with E-state index >= 15 is 0 Å². The molecule has 2 rings (SSSR count). The topological polar surface area (TPSA) is 58.6 Å². The van der Waals surface area contributed by atoms with Gasteiger partial charge in [0.2, 0.25) is 0 Å². The maximum absolute atomic E-state index is 12.2. The molecule has 5 heteroatoms. The minimum absolute atomic E-state index is 0.115. The van der Waals surface area contributed by atoms with Gasteiger partial charge in [-0.2, -0.15) is 0 Å². The predicted octanol–water partition coefficient (Wildman–Crippen LogP) is 2.48. The number of hydrogen-bond acceptors (Lipinski definition) is 3. The van der Waals surface area contributed by atoms with E-state index in [1.165, 1.54) is 5.56 Å². The number of rotatable bonds is 4. The molecule has 0 spiro atoms. The van der Waals surface area contributed by atoms with Gasteiger partial charge in [0.05, 0.1) is 12.5 Å². The maximum atomic E-state index is 12.2. The van der Waals surface area contributed by atoms with E-state index in [1.807, 2.05) is 25.1 Å². The van der Waals surface area contributed by atoms with Gasteiger partial charge in [0.25, 0.3) is 0 Å². The van der Waals surface area contributed by atoms with Crippen LogP contribution in [0.3, 0.4) is 0 Å². The summed E-state index contributed by atoms with van der Waals surface area (Å²) >= 11 is 0. The summed E-state index contributed by atoms with van der Waals surface area (Å²) in [6.45, 7) is 5.84. The van der Waals surface area contributed by atoms with Crippen LogP contribution in [0.5, 0.6) is 0 Å². The number of nitrogens with one attached hydrogen (secondary N) is 1. The molecular weight excluding hydrogens is 280 g/mol. The number of aryl methyl sites for hydroxylation is 1. The second kappa shape index (κ2) is 7.82. The number of piperidine rings is 1. The summed E-state index contributed by atoms with van der Waals surface area (Å²) in [7, 11) is 0. The summed E-state index contributed by atoms with van der Waals surface area (Å²) in [5, 5.41) is 2.92. The van der Waals surface area contributed by atoms with Gasteiger partial charge in [-0.25, -0.2) is 4.79 Å². The summed E-state index contributed by atoms with van der Waals surface area (Å²) in [5.41, 5.74) is 2.25. The molecule has 1 aromatic carbocycles. The van der Waals surface area contributed by atoms with Crippen LogP contribution >= 0.6 is 0 Å². The van der Waals surface area contributed by atoms with E-state index in [9.17, 15) is 9.59 Å². The smallest absolute Gasteiger partial charge is 0.317 e. The highest BCUT2D eigenvalue weighted by Gasteiger charge is 2.29. The molecule has 120 valence electrons. The van der Waals surface area contributed by atoms with Crippen LogP contribution in [0.15, 0.2) is 24.3 Å². The number of likely N-dealkylation sites (tertiary alicyclic amines) is 1. The molecule has 1 atom stereocenters. The Morgan fingerprint density at radius 3 is 2.95 bits per heavy atom. The molecule has 1 unspecified atom stereocenters. The van der Waals surface area contributed by atoms with Crippen molar-refractivity contribution in [3.8, 4) is 0 Å². The van der Waals surface area contributed by atoms with Gasteiger partial charge in [-0.3, -0.25) is 4.79 Å². The number of carbonyl (C=O) groups excluding carboxylic acids is 2. The molecule has 1 aliphatic heterocycles. The Labute approximate surface area is 131 Å². The number of amides is 2. The Bertz CT molecular complexity index is 530. The summed E-state index contributed by atoms with van der Waals surface area (Å²) in [6, 6.07) is 7.94. The Morgan fingerprint density at radius 1 is 1.41 bits per heavy atom. The molecular formula is C17H24N2O3. The van der Waals surface area contributed by atoms with Crippen LogP contribution in [0.25, 0.3) is 0 Å². The van der Waals surface area contributed by atoms with Gasteiger partial charge in [-0.1, -0.05) is 29.8 Å².